The smallest absolute Gasteiger partial charge is 0.283 e. The Morgan fingerprint density at radius 2 is 2.19 bits per heavy atom. The summed E-state index contributed by atoms with van der Waals surface area (Å²) in [6.07, 6.45) is 3.59. The molecule has 2 aromatic rings. The van der Waals surface area contributed by atoms with Gasteiger partial charge in [0.05, 0.1) is 0 Å². The quantitative estimate of drug-likeness (QED) is 0.766. The summed E-state index contributed by atoms with van der Waals surface area (Å²) in [6.45, 7) is 5.39. The minimum atomic E-state index is -0.0989. The maximum atomic E-state index is 12.0. The molecule has 0 aromatic carbocycles. The molecule has 0 unspecified atom stereocenters. The van der Waals surface area contributed by atoms with Gasteiger partial charge in [-0.15, -0.1) is 5.10 Å². The molecule has 2 heterocycles. The minimum Gasteiger partial charge on any atom is -0.297 e. The molecule has 0 bridgehead atoms. The zero-order valence-electron chi connectivity index (χ0n) is 9.55. The molecule has 0 aliphatic rings. The Bertz CT molecular complexity index is 542. The fourth-order valence-corrected chi connectivity index (χ4v) is 1.59. The van der Waals surface area contributed by atoms with Gasteiger partial charge >= 0.3 is 0 Å². The monoisotopic (exact) mass is 221 g/mol. The van der Waals surface area contributed by atoms with Crippen LogP contribution in [0.25, 0.3) is 11.2 Å². The highest BCUT2D eigenvalue weighted by Gasteiger charge is 2.10. The maximum Gasteiger partial charge on any atom is 0.283 e. The van der Waals surface area contributed by atoms with Crippen LogP contribution in [0.1, 0.15) is 26.7 Å². The number of hydrogen-bond donors (Lipinski definition) is 0. The van der Waals surface area contributed by atoms with Crippen LogP contribution in [0.15, 0.2) is 11.1 Å². The molecule has 16 heavy (non-hydrogen) atoms. The SMILES string of the molecule is CCCCn1cnc2c(nnn2CC)c1=O. The van der Waals surface area contributed by atoms with Crippen LogP contribution in [-0.4, -0.2) is 24.5 Å². The Morgan fingerprint density at radius 3 is 2.88 bits per heavy atom. The standard InChI is InChI=1S/C10H15N5O/c1-3-5-6-14-7-11-9-8(10(14)16)12-13-15(9)4-2/h7H,3-6H2,1-2H3. The largest absolute Gasteiger partial charge is 0.297 e. The third kappa shape index (κ3) is 1.70. The Kier molecular flexibility index (Phi) is 2.98. The summed E-state index contributed by atoms with van der Waals surface area (Å²) in [7, 11) is 0. The van der Waals surface area contributed by atoms with Crippen LogP contribution in [0.3, 0.4) is 0 Å². The molecule has 0 saturated carbocycles. The first kappa shape index (κ1) is 10.8. The van der Waals surface area contributed by atoms with Gasteiger partial charge in [0.25, 0.3) is 5.56 Å². The molecule has 0 aliphatic heterocycles. The lowest BCUT2D eigenvalue weighted by atomic mass is 10.3. The van der Waals surface area contributed by atoms with Crippen LogP contribution in [0.4, 0.5) is 0 Å². The lowest BCUT2D eigenvalue weighted by molar-refractivity contribution is 0.605. The fraction of sp³-hybridized carbons (Fsp3) is 0.600. The van der Waals surface area contributed by atoms with E-state index >= 15 is 0 Å². The molecule has 86 valence electrons. The van der Waals surface area contributed by atoms with E-state index in [0.29, 0.717) is 24.3 Å². The summed E-state index contributed by atoms with van der Waals surface area (Å²) in [5.74, 6) is 0. The highest BCUT2D eigenvalue weighted by molar-refractivity contribution is 5.67. The van der Waals surface area contributed by atoms with Crippen molar-refractivity contribution >= 4 is 11.2 Å². The van der Waals surface area contributed by atoms with Gasteiger partial charge in [0.15, 0.2) is 11.2 Å². The van der Waals surface area contributed by atoms with Crippen LogP contribution < -0.4 is 5.56 Å². The number of aryl methyl sites for hydroxylation is 2. The second-order valence-electron chi connectivity index (χ2n) is 3.67. The van der Waals surface area contributed by atoms with Gasteiger partial charge in [-0.1, -0.05) is 18.6 Å². The van der Waals surface area contributed by atoms with Crippen molar-refractivity contribution in [2.24, 2.45) is 0 Å². The van der Waals surface area contributed by atoms with E-state index in [9.17, 15) is 4.79 Å². The molecule has 0 spiro atoms. The number of aromatic nitrogens is 5. The van der Waals surface area contributed by atoms with Crippen LogP contribution in [0, 0.1) is 0 Å². The molecule has 0 saturated heterocycles. The molecule has 2 aromatic heterocycles. The van der Waals surface area contributed by atoms with E-state index in [4.69, 9.17) is 0 Å². The maximum absolute atomic E-state index is 12.0. The summed E-state index contributed by atoms with van der Waals surface area (Å²) in [4.78, 5) is 16.2. The fourth-order valence-electron chi connectivity index (χ4n) is 1.59. The van der Waals surface area contributed by atoms with E-state index in [-0.39, 0.29) is 5.56 Å². The molecule has 6 nitrogen and oxygen atoms in total. The molecule has 0 atom stereocenters. The van der Waals surface area contributed by atoms with E-state index in [1.54, 1.807) is 15.6 Å². The minimum absolute atomic E-state index is 0.0989. The van der Waals surface area contributed by atoms with Gasteiger partial charge in [0, 0.05) is 13.1 Å². The van der Waals surface area contributed by atoms with E-state index in [1.807, 2.05) is 6.92 Å². The topological polar surface area (TPSA) is 65.6 Å². The highest BCUT2D eigenvalue weighted by atomic mass is 16.1. The molecular weight excluding hydrogens is 206 g/mol. The Labute approximate surface area is 92.9 Å². The Morgan fingerprint density at radius 1 is 1.38 bits per heavy atom. The number of nitrogens with zero attached hydrogens (tertiary/aromatic N) is 5. The predicted molar refractivity (Wildman–Crippen MR) is 60.2 cm³/mol. The molecule has 0 aliphatic carbocycles. The normalized spacial score (nSPS) is 11.1. The van der Waals surface area contributed by atoms with Crippen molar-refractivity contribution in [1.29, 1.82) is 0 Å². The van der Waals surface area contributed by atoms with Crippen molar-refractivity contribution in [3.63, 3.8) is 0 Å². The molecule has 0 radical (unpaired) electrons. The van der Waals surface area contributed by atoms with Crippen molar-refractivity contribution in [2.75, 3.05) is 0 Å². The summed E-state index contributed by atoms with van der Waals surface area (Å²) in [5, 5.41) is 7.76. The van der Waals surface area contributed by atoms with E-state index < -0.39 is 0 Å². The number of rotatable bonds is 4. The van der Waals surface area contributed by atoms with Gasteiger partial charge in [-0.05, 0) is 13.3 Å². The second-order valence-corrected chi connectivity index (χ2v) is 3.67. The third-order valence-corrected chi connectivity index (χ3v) is 2.54. The van der Waals surface area contributed by atoms with Gasteiger partial charge in [-0.25, -0.2) is 9.67 Å². The van der Waals surface area contributed by atoms with Gasteiger partial charge < -0.3 is 0 Å². The zero-order chi connectivity index (χ0) is 11.5. The van der Waals surface area contributed by atoms with Crippen LogP contribution in [0.5, 0.6) is 0 Å². The third-order valence-electron chi connectivity index (χ3n) is 2.54. The average Bonchev–Trinajstić information content (AvgIpc) is 2.72. The van der Waals surface area contributed by atoms with Gasteiger partial charge in [0.2, 0.25) is 0 Å². The van der Waals surface area contributed by atoms with Crippen LogP contribution >= 0.6 is 0 Å². The second kappa shape index (κ2) is 4.42. The molecule has 0 fully saturated rings. The first-order valence-electron chi connectivity index (χ1n) is 5.56. The van der Waals surface area contributed by atoms with E-state index in [1.165, 1.54) is 0 Å². The molecule has 6 heteroatoms. The lowest BCUT2D eigenvalue weighted by Gasteiger charge is -2.02. The lowest BCUT2D eigenvalue weighted by Crippen LogP contribution is -2.21. The van der Waals surface area contributed by atoms with Crippen molar-refractivity contribution in [1.82, 2.24) is 24.5 Å². The molecular formula is C10H15N5O. The summed E-state index contributed by atoms with van der Waals surface area (Å²) >= 11 is 0. The van der Waals surface area contributed by atoms with Gasteiger partial charge in [-0.2, -0.15) is 0 Å². The van der Waals surface area contributed by atoms with Gasteiger partial charge in [0.1, 0.15) is 6.33 Å². The predicted octanol–water partition coefficient (Wildman–Crippen LogP) is 0.808. The van der Waals surface area contributed by atoms with Crippen molar-refractivity contribution in [3.05, 3.63) is 16.7 Å². The van der Waals surface area contributed by atoms with Crippen molar-refractivity contribution in [3.8, 4) is 0 Å². The average molecular weight is 221 g/mol. The van der Waals surface area contributed by atoms with Crippen LogP contribution in [0.2, 0.25) is 0 Å². The van der Waals surface area contributed by atoms with Crippen LogP contribution in [-0.2, 0) is 13.1 Å². The number of hydrogen-bond acceptors (Lipinski definition) is 4. The zero-order valence-corrected chi connectivity index (χ0v) is 9.55. The molecule has 0 amide bonds. The molecule has 0 N–H and O–H groups in total. The molecule has 2 rings (SSSR count). The highest BCUT2D eigenvalue weighted by Crippen LogP contribution is 2.02. The van der Waals surface area contributed by atoms with E-state index in [2.05, 4.69) is 22.2 Å². The Hall–Kier alpha value is -1.72. The summed E-state index contributed by atoms with van der Waals surface area (Å²) < 4.78 is 3.22. The Balaban J connectivity index is 2.49. The summed E-state index contributed by atoms with van der Waals surface area (Å²) in [6, 6.07) is 0. The summed E-state index contributed by atoms with van der Waals surface area (Å²) in [5.41, 5.74) is 0.832. The number of fused-ring (bicyclic) bond motifs is 1. The number of unbranched alkanes of at least 4 members (excludes halogenated alkanes) is 1. The van der Waals surface area contributed by atoms with Crippen molar-refractivity contribution in [2.45, 2.75) is 39.8 Å². The van der Waals surface area contributed by atoms with E-state index in [0.717, 1.165) is 12.8 Å². The van der Waals surface area contributed by atoms with Gasteiger partial charge in [-0.3, -0.25) is 9.36 Å². The first-order valence-corrected chi connectivity index (χ1v) is 5.56. The van der Waals surface area contributed by atoms with Crippen molar-refractivity contribution < 1.29 is 0 Å². The first-order chi connectivity index (χ1) is 7.77.